The molecule has 0 spiro atoms. The minimum Gasteiger partial charge on any atom is -0.502 e. The number of aromatic hydroxyl groups is 2. The molecule has 0 saturated carbocycles. The minimum atomic E-state index is -0.703. The Hall–Kier alpha value is -3.56. The molecule has 0 fully saturated rings. The fourth-order valence-electron chi connectivity index (χ4n) is 5.02. The first-order chi connectivity index (χ1) is 15.7. The number of ether oxygens (including phenoxy) is 2. The largest absolute Gasteiger partial charge is 0.502 e. The molecule has 0 aliphatic carbocycles. The summed E-state index contributed by atoms with van der Waals surface area (Å²) < 4.78 is 12.2. The standard InChI is InChI=1S/C24H28N2O8/c1-11-17(25(29)30)19(27)15(13-7-9-23(3,4)33-21(11)13)16-14-8-10-24(5,6)34-22(14)12(2)18(20(16)28)26(31)32/h27-28H,7-10H2,1-6H3. The summed E-state index contributed by atoms with van der Waals surface area (Å²) in [4.78, 5) is 22.5. The molecular formula is C24H28N2O8. The summed E-state index contributed by atoms with van der Waals surface area (Å²) in [5.41, 5.74) is -1.06. The maximum Gasteiger partial charge on any atom is 0.317 e. The van der Waals surface area contributed by atoms with E-state index in [1.165, 1.54) is 13.8 Å². The van der Waals surface area contributed by atoms with Crippen LogP contribution in [0, 0.1) is 34.1 Å². The van der Waals surface area contributed by atoms with Gasteiger partial charge in [-0.05, 0) is 67.2 Å². The van der Waals surface area contributed by atoms with E-state index < -0.39 is 43.9 Å². The zero-order chi connectivity index (χ0) is 25.3. The van der Waals surface area contributed by atoms with Gasteiger partial charge >= 0.3 is 11.4 Å². The molecule has 0 aromatic heterocycles. The fourth-order valence-corrected chi connectivity index (χ4v) is 5.02. The number of phenolic OH excluding ortho intramolecular Hbond substituents is 2. The lowest BCUT2D eigenvalue weighted by atomic mass is 9.81. The summed E-state index contributed by atoms with van der Waals surface area (Å²) in [6.45, 7) is 10.4. The van der Waals surface area contributed by atoms with Gasteiger partial charge in [0.2, 0.25) is 11.5 Å². The van der Waals surface area contributed by atoms with Crippen molar-refractivity contribution in [3.05, 3.63) is 42.5 Å². The van der Waals surface area contributed by atoms with Gasteiger partial charge in [-0.15, -0.1) is 0 Å². The number of rotatable bonds is 3. The second-order valence-electron chi connectivity index (χ2n) is 10.2. The molecular weight excluding hydrogens is 444 g/mol. The number of nitro benzene ring substituents is 2. The first-order valence-electron chi connectivity index (χ1n) is 11.1. The summed E-state index contributed by atoms with van der Waals surface area (Å²) in [5, 5.41) is 46.3. The summed E-state index contributed by atoms with van der Waals surface area (Å²) in [7, 11) is 0. The van der Waals surface area contributed by atoms with Gasteiger partial charge in [-0.3, -0.25) is 20.2 Å². The van der Waals surface area contributed by atoms with Crippen LogP contribution in [0.1, 0.15) is 62.8 Å². The number of nitro groups is 2. The second-order valence-corrected chi connectivity index (χ2v) is 10.2. The lowest BCUT2D eigenvalue weighted by molar-refractivity contribution is -0.386. The highest BCUT2D eigenvalue weighted by Crippen LogP contribution is 2.58. The molecule has 2 aromatic rings. The maximum absolute atomic E-state index is 12.0. The molecule has 182 valence electrons. The highest BCUT2D eigenvalue weighted by atomic mass is 16.6. The van der Waals surface area contributed by atoms with Crippen LogP contribution in [-0.2, 0) is 12.8 Å². The molecule has 2 aromatic carbocycles. The van der Waals surface area contributed by atoms with E-state index in [-0.39, 0.29) is 33.8 Å². The molecule has 0 amide bonds. The zero-order valence-electron chi connectivity index (χ0n) is 20.1. The third-order valence-electron chi connectivity index (χ3n) is 6.79. The Morgan fingerprint density at radius 2 is 1.06 bits per heavy atom. The Balaban J connectivity index is 2.18. The Bertz CT molecular complexity index is 1170. The molecule has 4 rings (SSSR count). The van der Waals surface area contributed by atoms with E-state index in [1.54, 1.807) is 0 Å². The van der Waals surface area contributed by atoms with Crippen molar-refractivity contribution in [3.8, 4) is 34.1 Å². The van der Waals surface area contributed by atoms with Gasteiger partial charge in [-0.1, -0.05) is 0 Å². The molecule has 10 nitrogen and oxygen atoms in total. The number of benzene rings is 2. The van der Waals surface area contributed by atoms with Crippen molar-refractivity contribution in [2.75, 3.05) is 0 Å². The van der Waals surface area contributed by atoms with Crippen molar-refractivity contribution in [1.29, 1.82) is 0 Å². The van der Waals surface area contributed by atoms with Gasteiger partial charge in [0.15, 0.2) is 0 Å². The van der Waals surface area contributed by atoms with Crippen LogP contribution in [0.3, 0.4) is 0 Å². The monoisotopic (exact) mass is 472 g/mol. The van der Waals surface area contributed by atoms with E-state index in [9.17, 15) is 30.4 Å². The highest BCUT2D eigenvalue weighted by Gasteiger charge is 2.42. The van der Waals surface area contributed by atoms with E-state index in [4.69, 9.17) is 9.47 Å². The van der Waals surface area contributed by atoms with E-state index in [1.807, 2.05) is 27.7 Å². The Kier molecular flexibility index (Phi) is 5.19. The van der Waals surface area contributed by atoms with Crippen LogP contribution in [-0.4, -0.2) is 31.3 Å². The quantitative estimate of drug-likeness (QED) is 0.446. The van der Waals surface area contributed by atoms with Crippen LogP contribution in [0.15, 0.2) is 0 Å². The van der Waals surface area contributed by atoms with E-state index in [0.717, 1.165) is 0 Å². The number of phenols is 2. The van der Waals surface area contributed by atoms with Crippen LogP contribution < -0.4 is 9.47 Å². The van der Waals surface area contributed by atoms with Crippen LogP contribution >= 0.6 is 0 Å². The molecule has 2 aliphatic heterocycles. The fraction of sp³-hybridized carbons (Fsp3) is 0.500. The van der Waals surface area contributed by atoms with Gasteiger partial charge in [0.1, 0.15) is 22.7 Å². The first kappa shape index (κ1) is 23.6. The summed E-state index contributed by atoms with van der Waals surface area (Å²) >= 11 is 0. The molecule has 2 heterocycles. The smallest absolute Gasteiger partial charge is 0.317 e. The number of nitrogens with zero attached hydrogens (tertiary/aromatic N) is 2. The van der Waals surface area contributed by atoms with Crippen LogP contribution in [0.4, 0.5) is 11.4 Å². The predicted molar refractivity (Wildman–Crippen MR) is 124 cm³/mol. The Morgan fingerprint density at radius 1 is 0.735 bits per heavy atom. The normalized spacial score (nSPS) is 17.7. The van der Waals surface area contributed by atoms with Gasteiger partial charge in [-0.2, -0.15) is 0 Å². The minimum absolute atomic E-state index is 0.0112. The molecule has 34 heavy (non-hydrogen) atoms. The molecule has 10 heteroatoms. The average molecular weight is 472 g/mol. The summed E-state index contributed by atoms with van der Waals surface area (Å²) in [5.74, 6) is -0.788. The average Bonchev–Trinajstić information content (AvgIpc) is 2.69. The van der Waals surface area contributed by atoms with E-state index >= 15 is 0 Å². The SMILES string of the molecule is Cc1c2c(c(-c3c(O)c([N+](=O)[O-])c(C)c4c3CCC(C)(C)O4)c(O)c1[N+](=O)[O-])CCC(C)(C)O2. The van der Waals surface area contributed by atoms with Crippen molar-refractivity contribution in [2.24, 2.45) is 0 Å². The first-order valence-corrected chi connectivity index (χ1v) is 11.1. The zero-order valence-corrected chi connectivity index (χ0v) is 20.1. The van der Waals surface area contributed by atoms with Crippen molar-refractivity contribution in [1.82, 2.24) is 0 Å². The van der Waals surface area contributed by atoms with Crippen molar-refractivity contribution in [3.63, 3.8) is 0 Å². The molecule has 2 aliphatic rings. The van der Waals surface area contributed by atoms with Gasteiger partial charge in [0, 0.05) is 22.3 Å². The lowest BCUT2D eigenvalue weighted by Crippen LogP contribution is -2.34. The lowest BCUT2D eigenvalue weighted by Gasteiger charge is -2.37. The van der Waals surface area contributed by atoms with E-state index in [2.05, 4.69) is 0 Å². The van der Waals surface area contributed by atoms with Gasteiger partial charge < -0.3 is 19.7 Å². The molecule has 0 bridgehead atoms. The second kappa shape index (κ2) is 7.48. The van der Waals surface area contributed by atoms with Crippen molar-refractivity contribution < 1.29 is 29.5 Å². The van der Waals surface area contributed by atoms with Crippen molar-refractivity contribution >= 4 is 11.4 Å². The molecule has 0 unspecified atom stereocenters. The highest BCUT2D eigenvalue weighted by molar-refractivity contribution is 5.92. The molecule has 0 saturated heterocycles. The van der Waals surface area contributed by atoms with Crippen LogP contribution in [0.2, 0.25) is 0 Å². The van der Waals surface area contributed by atoms with Gasteiger partial charge in [0.05, 0.1) is 21.0 Å². The molecule has 0 atom stereocenters. The van der Waals surface area contributed by atoms with Crippen LogP contribution in [0.5, 0.6) is 23.0 Å². The Labute approximate surface area is 196 Å². The van der Waals surface area contributed by atoms with Gasteiger partial charge in [-0.25, -0.2) is 0 Å². The molecule has 0 radical (unpaired) electrons. The van der Waals surface area contributed by atoms with Crippen LogP contribution in [0.25, 0.3) is 11.1 Å². The summed E-state index contributed by atoms with van der Waals surface area (Å²) in [6.07, 6.45) is 1.88. The number of hydrogen-bond donors (Lipinski definition) is 2. The predicted octanol–water partition coefficient (Wildman–Crippen LogP) is 5.41. The number of hydrogen-bond acceptors (Lipinski definition) is 8. The maximum atomic E-state index is 12.0. The third kappa shape index (κ3) is 3.48. The number of fused-ring (bicyclic) bond motifs is 2. The Morgan fingerprint density at radius 3 is 1.35 bits per heavy atom. The third-order valence-corrected chi connectivity index (χ3v) is 6.79. The topological polar surface area (TPSA) is 145 Å². The summed E-state index contributed by atoms with van der Waals surface area (Å²) in [6, 6.07) is 0. The van der Waals surface area contributed by atoms with E-state index in [0.29, 0.717) is 36.8 Å². The van der Waals surface area contributed by atoms with Crippen molar-refractivity contribution in [2.45, 2.75) is 78.4 Å². The molecule has 2 N–H and O–H groups in total. The van der Waals surface area contributed by atoms with Gasteiger partial charge in [0.25, 0.3) is 0 Å².